The summed E-state index contributed by atoms with van der Waals surface area (Å²) in [6.07, 6.45) is 5.57. The Balaban J connectivity index is 1.80. The zero-order valence-electron chi connectivity index (χ0n) is 23.5. The quantitative estimate of drug-likeness (QED) is 0.397. The van der Waals surface area contributed by atoms with Gasteiger partial charge in [-0.3, -0.25) is 14.4 Å². The van der Waals surface area contributed by atoms with Crippen molar-refractivity contribution >= 4 is 35.2 Å². The first-order valence-electron chi connectivity index (χ1n) is 13.7. The highest BCUT2D eigenvalue weighted by Crippen LogP contribution is 2.72. The lowest BCUT2D eigenvalue weighted by Gasteiger charge is -2.39. The molecule has 9 heteroatoms. The number of methoxy groups -OCH3 is 1. The number of benzene rings is 1. The molecule has 1 aromatic carbocycles. The highest BCUT2D eigenvalue weighted by Gasteiger charge is 2.77. The number of fused-ring (bicyclic) bond motifs is 1. The fraction of sp³-hybridized carbons (Fsp3) is 0.567. The average Bonchev–Trinajstić information content (AvgIpc) is 3.51. The number of ether oxygens (including phenoxy) is 1. The van der Waals surface area contributed by atoms with Gasteiger partial charge in [-0.2, -0.15) is 0 Å². The third-order valence-corrected chi connectivity index (χ3v) is 10.6. The summed E-state index contributed by atoms with van der Waals surface area (Å²) < 4.78 is 4.07. The first-order chi connectivity index (χ1) is 18.6. The van der Waals surface area contributed by atoms with E-state index in [0.29, 0.717) is 30.9 Å². The first-order valence-corrected chi connectivity index (χ1v) is 14.5. The number of hydrogen-bond donors (Lipinski definition) is 1. The molecule has 3 amide bonds. The molecule has 212 valence electrons. The summed E-state index contributed by atoms with van der Waals surface area (Å²) >= 11 is 1.64. The maximum absolute atomic E-state index is 14.6. The number of likely N-dealkylation sites (tertiary alicyclic amines) is 1. The van der Waals surface area contributed by atoms with E-state index in [-0.39, 0.29) is 30.9 Å². The molecule has 39 heavy (non-hydrogen) atoms. The minimum absolute atomic E-state index is 0.0468. The molecule has 4 rings (SSSR count). The van der Waals surface area contributed by atoms with Crippen LogP contribution in [0.4, 0.5) is 5.69 Å². The van der Waals surface area contributed by atoms with E-state index in [1.165, 1.54) is 0 Å². The van der Waals surface area contributed by atoms with Gasteiger partial charge < -0.3 is 24.5 Å². The summed E-state index contributed by atoms with van der Waals surface area (Å²) in [5, 5.41) is 10.2. The van der Waals surface area contributed by atoms with E-state index in [4.69, 9.17) is 4.74 Å². The summed E-state index contributed by atoms with van der Waals surface area (Å²) in [6, 6.07) is 5.83. The van der Waals surface area contributed by atoms with Crippen LogP contribution in [0, 0.1) is 11.8 Å². The van der Waals surface area contributed by atoms with Crippen molar-refractivity contribution < 1.29 is 24.2 Å². The van der Waals surface area contributed by atoms with Gasteiger partial charge in [0.25, 0.3) is 5.91 Å². The number of rotatable bonds is 12. The fourth-order valence-corrected chi connectivity index (χ4v) is 9.19. The van der Waals surface area contributed by atoms with E-state index in [9.17, 15) is 19.5 Å². The SMILES string of the molecule is C=CCN(CCC)C(=O)[C@@H]1[C@H]2C(=O)N([C@H](C)CO)C(C(=O)N(CC=C)c3ccc(OC)cc3)C23CC[C@@]1(C)S3. The van der Waals surface area contributed by atoms with Crippen LogP contribution in [0.5, 0.6) is 5.75 Å². The largest absolute Gasteiger partial charge is 0.497 e. The number of carbonyl (C=O) groups is 3. The lowest BCUT2D eigenvalue weighted by Crippen LogP contribution is -2.57. The third kappa shape index (κ3) is 4.67. The Kier molecular flexibility index (Phi) is 8.52. The molecular formula is C30H41N3O5S. The van der Waals surface area contributed by atoms with Crippen LogP contribution in [-0.4, -0.2) is 87.6 Å². The Morgan fingerprint density at radius 3 is 2.44 bits per heavy atom. The van der Waals surface area contributed by atoms with Gasteiger partial charge in [0.05, 0.1) is 36.3 Å². The molecule has 3 saturated heterocycles. The van der Waals surface area contributed by atoms with Crippen molar-refractivity contribution in [2.75, 3.05) is 38.3 Å². The Hall–Kier alpha value is -2.78. The van der Waals surface area contributed by atoms with Gasteiger partial charge >= 0.3 is 0 Å². The summed E-state index contributed by atoms with van der Waals surface area (Å²) in [6.45, 7) is 14.5. The number of anilines is 1. The maximum Gasteiger partial charge on any atom is 0.251 e. The van der Waals surface area contributed by atoms with Crippen molar-refractivity contribution in [3.63, 3.8) is 0 Å². The highest BCUT2D eigenvalue weighted by molar-refractivity contribution is 8.02. The molecule has 3 fully saturated rings. The molecule has 0 saturated carbocycles. The molecule has 3 aliphatic rings. The lowest BCUT2D eigenvalue weighted by molar-refractivity contribution is -0.146. The van der Waals surface area contributed by atoms with Crippen molar-refractivity contribution in [2.45, 2.75) is 61.6 Å². The fourth-order valence-electron chi connectivity index (χ4n) is 6.86. The van der Waals surface area contributed by atoms with Gasteiger partial charge in [-0.15, -0.1) is 24.9 Å². The monoisotopic (exact) mass is 555 g/mol. The Morgan fingerprint density at radius 1 is 1.21 bits per heavy atom. The predicted molar refractivity (Wildman–Crippen MR) is 155 cm³/mol. The van der Waals surface area contributed by atoms with Crippen molar-refractivity contribution in [1.82, 2.24) is 9.80 Å². The molecule has 0 aliphatic carbocycles. The zero-order chi connectivity index (χ0) is 28.5. The summed E-state index contributed by atoms with van der Waals surface area (Å²) in [5.74, 6) is -0.998. The van der Waals surface area contributed by atoms with Crippen LogP contribution < -0.4 is 9.64 Å². The molecule has 0 aromatic heterocycles. The second kappa shape index (κ2) is 11.4. The van der Waals surface area contributed by atoms with Gasteiger partial charge in [0, 0.05) is 30.1 Å². The number of aliphatic hydroxyl groups is 1. The van der Waals surface area contributed by atoms with E-state index in [1.54, 1.807) is 64.8 Å². The van der Waals surface area contributed by atoms with Crippen LogP contribution >= 0.6 is 11.8 Å². The number of thioether (sulfide) groups is 1. The number of carbonyl (C=O) groups excluding carboxylic acids is 3. The molecule has 1 spiro atoms. The molecular weight excluding hydrogens is 514 g/mol. The van der Waals surface area contributed by atoms with Crippen LogP contribution in [0.15, 0.2) is 49.6 Å². The van der Waals surface area contributed by atoms with Crippen molar-refractivity contribution in [1.29, 1.82) is 0 Å². The molecule has 2 bridgehead atoms. The third-order valence-electron chi connectivity index (χ3n) is 8.57. The van der Waals surface area contributed by atoms with Crippen LogP contribution in [0.25, 0.3) is 0 Å². The molecule has 6 atom stereocenters. The van der Waals surface area contributed by atoms with Gasteiger partial charge in [0.1, 0.15) is 11.8 Å². The van der Waals surface area contributed by atoms with Gasteiger partial charge in [0.2, 0.25) is 11.8 Å². The van der Waals surface area contributed by atoms with E-state index >= 15 is 0 Å². The molecule has 0 radical (unpaired) electrons. The second-order valence-corrected chi connectivity index (χ2v) is 12.9. The van der Waals surface area contributed by atoms with Crippen molar-refractivity contribution in [3.8, 4) is 5.75 Å². The van der Waals surface area contributed by atoms with E-state index < -0.39 is 33.4 Å². The van der Waals surface area contributed by atoms with Gasteiger partial charge in [-0.1, -0.05) is 19.1 Å². The van der Waals surface area contributed by atoms with E-state index in [0.717, 1.165) is 12.8 Å². The van der Waals surface area contributed by atoms with Crippen LogP contribution in [0.1, 0.15) is 40.0 Å². The molecule has 2 unspecified atom stereocenters. The van der Waals surface area contributed by atoms with Crippen LogP contribution in [-0.2, 0) is 14.4 Å². The predicted octanol–water partition coefficient (Wildman–Crippen LogP) is 3.50. The normalized spacial score (nSPS) is 29.6. The van der Waals surface area contributed by atoms with Crippen molar-refractivity contribution in [2.24, 2.45) is 11.8 Å². The minimum atomic E-state index is -0.817. The summed E-state index contributed by atoms with van der Waals surface area (Å²) in [5.41, 5.74) is 0.668. The topological polar surface area (TPSA) is 90.4 Å². The molecule has 8 nitrogen and oxygen atoms in total. The Bertz CT molecular complexity index is 1130. The van der Waals surface area contributed by atoms with E-state index in [1.807, 2.05) is 19.1 Å². The van der Waals surface area contributed by atoms with Crippen LogP contribution in [0.2, 0.25) is 0 Å². The zero-order valence-corrected chi connectivity index (χ0v) is 24.3. The average molecular weight is 556 g/mol. The maximum atomic E-state index is 14.6. The van der Waals surface area contributed by atoms with Gasteiger partial charge in [0.15, 0.2) is 0 Å². The standard InChI is InChI=1S/C30H41N3O5S/c1-7-16-31(17-8-2)26(35)23-24-27(36)33(20(4)19-34)25(30(24)15-14-29(23,5)39-30)28(37)32(18-9-3)21-10-12-22(38-6)13-11-21/h7,9-13,20,23-25,34H,1,3,8,14-19H2,2,4-6H3/t20-,23+,24+,25?,29-,30?/m1/s1. The van der Waals surface area contributed by atoms with Gasteiger partial charge in [-0.05, 0) is 57.4 Å². The van der Waals surface area contributed by atoms with Crippen LogP contribution in [0.3, 0.4) is 0 Å². The van der Waals surface area contributed by atoms with Crippen molar-refractivity contribution in [3.05, 3.63) is 49.6 Å². The minimum Gasteiger partial charge on any atom is -0.497 e. The number of nitrogens with zero attached hydrogens (tertiary/aromatic N) is 3. The molecule has 1 N–H and O–H groups in total. The molecule has 1 aromatic rings. The summed E-state index contributed by atoms with van der Waals surface area (Å²) in [7, 11) is 1.59. The Labute approximate surface area is 236 Å². The van der Waals surface area contributed by atoms with Gasteiger partial charge in [-0.25, -0.2) is 0 Å². The second-order valence-electron chi connectivity index (χ2n) is 11.0. The smallest absolute Gasteiger partial charge is 0.251 e. The van der Waals surface area contributed by atoms with E-state index in [2.05, 4.69) is 20.1 Å². The Morgan fingerprint density at radius 2 is 1.87 bits per heavy atom. The number of aliphatic hydroxyl groups excluding tert-OH is 1. The number of amides is 3. The first kappa shape index (κ1) is 29.2. The lowest BCUT2D eigenvalue weighted by atomic mass is 9.66. The molecule has 3 aliphatic heterocycles. The number of hydrogen-bond acceptors (Lipinski definition) is 6. The molecule has 3 heterocycles. The summed E-state index contributed by atoms with van der Waals surface area (Å²) in [4.78, 5) is 47.9. The highest BCUT2D eigenvalue weighted by atomic mass is 32.2.